The molecule has 0 amide bonds. The topological polar surface area (TPSA) is 37.3 Å². The van der Waals surface area contributed by atoms with E-state index in [1.54, 1.807) is 42.5 Å². The molecule has 0 saturated heterocycles. The van der Waals surface area contributed by atoms with Gasteiger partial charge in [-0.1, -0.05) is 18.2 Å². The van der Waals surface area contributed by atoms with Crippen molar-refractivity contribution in [2.75, 3.05) is 0 Å². The number of ketones is 1. The fourth-order valence-electron chi connectivity index (χ4n) is 1.67. The van der Waals surface area contributed by atoms with Gasteiger partial charge in [-0.15, -0.1) is 11.6 Å². The molecule has 0 aliphatic carbocycles. The van der Waals surface area contributed by atoms with E-state index in [4.69, 9.17) is 0 Å². The van der Waals surface area contributed by atoms with Crippen molar-refractivity contribution in [1.82, 2.24) is 0 Å². The van der Waals surface area contributed by atoms with Gasteiger partial charge in [0.15, 0.2) is 0 Å². The molecule has 0 aliphatic rings. The van der Waals surface area contributed by atoms with Gasteiger partial charge in [0.2, 0.25) is 0 Å². The summed E-state index contributed by atoms with van der Waals surface area (Å²) in [4.78, 5) is 11.8. The van der Waals surface area contributed by atoms with Crippen molar-refractivity contribution in [2.24, 2.45) is 0 Å². The third kappa shape index (κ3) is 4.29. The minimum atomic E-state index is -0.145. The van der Waals surface area contributed by atoms with E-state index in [9.17, 15) is 9.90 Å². The van der Waals surface area contributed by atoms with Gasteiger partial charge in [0, 0.05) is 5.56 Å². The van der Waals surface area contributed by atoms with E-state index in [0.717, 1.165) is 0 Å². The Balaban J connectivity index is 0.000000283. The summed E-state index contributed by atoms with van der Waals surface area (Å²) < 4.78 is 0. The number of hydrogen-bond donors (Lipinski definition) is 1. The van der Waals surface area contributed by atoms with Gasteiger partial charge in [-0.05, 0) is 6.07 Å². The monoisotopic (exact) mass is 442 g/mol. The van der Waals surface area contributed by atoms with Crippen LogP contribution in [-0.2, 0) is 19.8 Å². The molecular weight excluding hydrogens is 426 g/mol. The fourth-order valence-corrected chi connectivity index (χ4v) is 1.67. The Morgan fingerprint density at radius 3 is 2.10 bits per heavy atom. The molecule has 0 spiro atoms. The van der Waals surface area contributed by atoms with Gasteiger partial charge in [-0.25, -0.2) is 12.1 Å². The number of phenols is 1. The molecular formula is C17H14O2Os. The van der Waals surface area contributed by atoms with E-state index >= 15 is 0 Å². The van der Waals surface area contributed by atoms with Crippen molar-refractivity contribution in [3.8, 4) is 5.75 Å². The Kier molecular flexibility index (Phi) is 6.63. The third-order valence-electron chi connectivity index (χ3n) is 2.63. The molecule has 0 aromatic heterocycles. The maximum Gasteiger partial charge on any atom is 2.00 e. The molecule has 3 rings (SSSR count). The number of hydrogen-bond acceptors (Lipinski definition) is 2. The molecule has 3 aromatic carbocycles. The van der Waals surface area contributed by atoms with Gasteiger partial charge in [0.1, 0.15) is 11.5 Å². The Labute approximate surface area is 131 Å². The first kappa shape index (κ1) is 16.1. The van der Waals surface area contributed by atoms with Gasteiger partial charge in [0.05, 0.1) is 0 Å². The van der Waals surface area contributed by atoms with Crippen LogP contribution in [0.15, 0.2) is 78.9 Å². The quantitative estimate of drug-likeness (QED) is 0.487. The van der Waals surface area contributed by atoms with E-state index in [2.05, 4.69) is 0 Å². The first-order valence-electron chi connectivity index (χ1n) is 6.00. The molecule has 0 bridgehead atoms. The minimum absolute atomic E-state index is 0. The largest absolute Gasteiger partial charge is 2.00 e. The predicted molar refractivity (Wildman–Crippen MR) is 75.6 cm³/mol. The summed E-state index contributed by atoms with van der Waals surface area (Å²) in [6.07, 6.45) is 0. The van der Waals surface area contributed by atoms with Crippen molar-refractivity contribution in [1.29, 1.82) is 0 Å². The normalized spacial score (nSPS) is 9.00. The number of aromatic hydroxyl groups is 1. The molecule has 102 valence electrons. The summed E-state index contributed by atoms with van der Waals surface area (Å²) in [5.74, 6) is -0.119. The molecule has 0 radical (unpaired) electrons. The van der Waals surface area contributed by atoms with Gasteiger partial charge < -0.3 is 9.90 Å². The number of carbonyl (C=O) groups is 1. The average molecular weight is 441 g/mol. The van der Waals surface area contributed by atoms with Gasteiger partial charge in [-0.3, -0.25) is 0 Å². The molecule has 0 fully saturated rings. The standard InChI is InChI=1S/C12H9O2.C5H5.Os/c13-11-8-4-3-7-10(11)12(14)9-5-1-2-6-9;1-2-4-5-3-1;/h1-8,13H;1-5H;/q2*-1;+2. The molecule has 0 unspecified atom stereocenters. The van der Waals surface area contributed by atoms with E-state index in [1.807, 2.05) is 30.3 Å². The molecule has 0 atom stereocenters. The number of benzene rings is 1. The van der Waals surface area contributed by atoms with Gasteiger partial charge in [0.25, 0.3) is 0 Å². The summed E-state index contributed by atoms with van der Waals surface area (Å²) in [6, 6.07) is 23.6. The van der Waals surface area contributed by atoms with Crippen LogP contribution in [-0.4, -0.2) is 10.9 Å². The fraction of sp³-hybridized carbons (Fsp3) is 0. The number of rotatable bonds is 2. The Morgan fingerprint density at radius 2 is 1.60 bits per heavy atom. The van der Waals surface area contributed by atoms with E-state index in [0.29, 0.717) is 11.1 Å². The number of phenolic OH excluding ortho intramolecular Hbond substituents is 1. The molecule has 0 heterocycles. The van der Waals surface area contributed by atoms with Crippen molar-refractivity contribution < 1.29 is 29.7 Å². The molecule has 3 aromatic rings. The van der Waals surface area contributed by atoms with Crippen LogP contribution >= 0.6 is 0 Å². The molecule has 1 N–H and O–H groups in total. The SMILES string of the molecule is O=C(c1ccc[cH-]1)c1ccccc1O.[Os+2].c1cc[cH-]c1. The predicted octanol–water partition coefficient (Wildman–Crippen LogP) is 3.75. The number of carbonyl (C=O) groups excluding carboxylic acids is 1. The Hall–Kier alpha value is -1.97. The molecule has 3 heteroatoms. The van der Waals surface area contributed by atoms with Crippen molar-refractivity contribution in [3.05, 3.63) is 90.0 Å². The molecule has 0 aliphatic heterocycles. The van der Waals surface area contributed by atoms with Crippen LogP contribution in [0.4, 0.5) is 0 Å². The van der Waals surface area contributed by atoms with Crippen molar-refractivity contribution >= 4 is 5.78 Å². The van der Waals surface area contributed by atoms with Crippen LogP contribution in [0, 0.1) is 0 Å². The summed E-state index contributed by atoms with van der Waals surface area (Å²) in [5.41, 5.74) is 0.949. The average Bonchev–Trinajstić information content (AvgIpc) is 3.14. The second-order valence-electron chi connectivity index (χ2n) is 3.98. The maximum absolute atomic E-state index is 11.8. The van der Waals surface area contributed by atoms with E-state index in [-0.39, 0.29) is 31.3 Å². The third-order valence-corrected chi connectivity index (χ3v) is 2.63. The van der Waals surface area contributed by atoms with Crippen LogP contribution in [0.3, 0.4) is 0 Å². The smallest absolute Gasteiger partial charge is 0.508 e. The van der Waals surface area contributed by atoms with Crippen LogP contribution in [0.5, 0.6) is 5.75 Å². The van der Waals surface area contributed by atoms with Crippen molar-refractivity contribution in [3.63, 3.8) is 0 Å². The Morgan fingerprint density at radius 1 is 0.900 bits per heavy atom. The van der Waals surface area contributed by atoms with Crippen LogP contribution in [0.1, 0.15) is 15.9 Å². The van der Waals surface area contributed by atoms with E-state index in [1.165, 1.54) is 6.07 Å². The second kappa shape index (κ2) is 8.25. The molecule has 0 saturated carbocycles. The summed E-state index contributed by atoms with van der Waals surface area (Å²) in [5, 5.41) is 9.46. The van der Waals surface area contributed by atoms with Crippen LogP contribution < -0.4 is 0 Å². The summed E-state index contributed by atoms with van der Waals surface area (Å²) in [7, 11) is 0. The minimum Gasteiger partial charge on any atom is -0.508 e. The molecule has 20 heavy (non-hydrogen) atoms. The zero-order valence-corrected chi connectivity index (χ0v) is 13.3. The zero-order chi connectivity index (χ0) is 13.5. The second-order valence-corrected chi connectivity index (χ2v) is 3.98. The van der Waals surface area contributed by atoms with E-state index < -0.39 is 0 Å². The van der Waals surface area contributed by atoms with Crippen LogP contribution in [0.25, 0.3) is 0 Å². The zero-order valence-electron chi connectivity index (χ0n) is 10.7. The summed E-state index contributed by atoms with van der Waals surface area (Å²) >= 11 is 0. The van der Waals surface area contributed by atoms with Crippen LogP contribution in [0.2, 0.25) is 0 Å². The maximum atomic E-state index is 11.8. The molecule has 2 nitrogen and oxygen atoms in total. The Bertz CT molecular complexity index is 593. The first-order valence-corrected chi connectivity index (χ1v) is 6.00. The number of para-hydroxylation sites is 1. The summed E-state index contributed by atoms with van der Waals surface area (Å²) in [6.45, 7) is 0. The van der Waals surface area contributed by atoms with Crippen molar-refractivity contribution in [2.45, 2.75) is 0 Å². The van der Waals surface area contributed by atoms with Gasteiger partial charge >= 0.3 is 19.8 Å². The first-order chi connectivity index (χ1) is 9.29. The van der Waals surface area contributed by atoms with Gasteiger partial charge in [-0.2, -0.15) is 36.4 Å².